The van der Waals surface area contributed by atoms with Crippen LogP contribution in [0.15, 0.2) is 18.2 Å². The Bertz CT molecular complexity index is 587. The van der Waals surface area contributed by atoms with Crippen molar-refractivity contribution in [3.8, 4) is 12.1 Å². The third-order valence-corrected chi connectivity index (χ3v) is 2.50. The van der Waals surface area contributed by atoms with Gasteiger partial charge in [0.05, 0.1) is 17.1 Å². The Morgan fingerprint density at radius 2 is 1.95 bits per heavy atom. The summed E-state index contributed by atoms with van der Waals surface area (Å²) in [5.41, 5.74) is -0.230. The molecule has 0 heterocycles. The van der Waals surface area contributed by atoms with Crippen LogP contribution in [0.3, 0.4) is 0 Å². The highest BCUT2D eigenvalue weighted by Crippen LogP contribution is 2.25. The van der Waals surface area contributed by atoms with Crippen molar-refractivity contribution < 1.29 is 9.72 Å². The molecule has 19 heavy (non-hydrogen) atoms. The third-order valence-electron chi connectivity index (χ3n) is 2.20. The molecule has 0 N–H and O–H groups in total. The number of benzene rings is 1. The molecule has 0 radical (unpaired) electrons. The van der Waals surface area contributed by atoms with Crippen molar-refractivity contribution in [2.45, 2.75) is 0 Å². The van der Waals surface area contributed by atoms with Gasteiger partial charge in [-0.15, -0.1) is 0 Å². The van der Waals surface area contributed by atoms with Crippen LogP contribution in [0.25, 0.3) is 0 Å². The number of nitro groups is 1. The molecule has 0 fully saturated rings. The van der Waals surface area contributed by atoms with Crippen LogP contribution in [0.2, 0.25) is 5.02 Å². The normalized spacial score (nSPS) is 9.21. The molecule has 0 bridgehead atoms. The summed E-state index contributed by atoms with van der Waals surface area (Å²) in [6.07, 6.45) is 0. The Hall–Kier alpha value is -2.64. The number of amides is 1. The molecule has 0 spiro atoms. The summed E-state index contributed by atoms with van der Waals surface area (Å²) in [5, 5.41) is 27.5. The van der Waals surface area contributed by atoms with Gasteiger partial charge in [-0.3, -0.25) is 14.9 Å². The molecule has 1 amide bonds. The van der Waals surface area contributed by atoms with E-state index in [1.807, 2.05) is 0 Å². The first-order chi connectivity index (χ1) is 9.01. The Balaban J connectivity index is 3.07. The first-order valence-electron chi connectivity index (χ1n) is 4.98. The molecule has 1 aromatic rings. The van der Waals surface area contributed by atoms with E-state index in [0.29, 0.717) is 0 Å². The van der Waals surface area contributed by atoms with Crippen LogP contribution >= 0.6 is 11.6 Å². The van der Waals surface area contributed by atoms with Crippen molar-refractivity contribution in [1.29, 1.82) is 10.5 Å². The highest BCUT2D eigenvalue weighted by atomic mass is 35.5. The van der Waals surface area contributed by atoms with Crippen LogP contribution in [0.5, 0.6) is 0 Å². The molecule has 1 rings (SSSR count). The fraction of sp³-hybridized carbons (Fsp3) is 0.182. The van der Waals surface area contributed by atoms with E-state index in [1.54, 1.807) is 12.1 Å². The van der Waals surface area contributed by atoms with Gasteiger partial charge in [-0.2, -0.15) is 10.5 Å². The van der Waals surface area contributed by atoms with Gasteiger partial charge >= 0.3 is 0 Å². The smallest absolute Gasteiger partial charge is 0.287 e. The number of nitrogens with zero attached hydrogens (tertiary/aromatic N) is 4. The second kappa shape index (κ2) is 6.34. The van der Waals surface area contributed by atoms with E-state index in [2.05, 4.69) is 0 Å². The Kier molecular flexibility index (Phi) is 4.81. The monoisotopic (exact) mass is 278 g/mol. The lowest BCUT2D eigenvalue weighted by Gasteiger charge is -2.15. The second-order valence-corrected chi connectivity index (χ2v) is 3.81. The van der Waals surface area contributed by atoms with E-state index in [1.165, 1.54) is 6.07 Å². The molecule has 0 aliphatic carbocycles. The van der Waals surface area contributed by atoms with E-state index >= 15 is 0 Å². The summed E-state index contributed by atoms with van der Waals surface area (Å²) >= 11 is 5.68. The molecular weight excluding hydrogens is 272 g/mol. The molecule has 0 unspecified atom stereocenters. The van der Waals surface area contributed by atoms with Crippen LogP contribution in [-0.2, 0) is 0 Å². The van der Waals surface area contributed by atoms with Gasteiger partial charge in [0.1, 0.15) is 18.1 Å². The number of rotatable bonds is 4. The fourth-order valence-corrected chi connectivity index (χ4v) is 1.59. The van der Waals surface area contributed by atoms with Crippen LogP contribution in [0.1, 0.15) is 10.4 Å². The summed E-state index contributed by atoms with van der Waals surface area (Å²) < 4.78 is 0. The average molecular weight is 279 g/mol. The molecule has 7 nitrogen and oxygen atoms in total. The maximum atomic E-state index is 12.0. The molecule has 1 aromatic carbocycles. The van der Waals surface area contributed by atoms with Crippen molar-refractivity contribution in [2.24, 2.45) is 0 Å². The minimum absolute atomic E-state index is 0.0844. The first-order valence-corrected chi connectivity index (χ1v) is 5.36. The predicted molar refractivity (Wildman–Crippen MR) is 65.2 cm³/mol. The van der Waals surface area contributed by atoms with Crippen molar-refractivity contribution in [2.75, 3.05) is 13.1 Å². The maximum Gasteiger partial charge on any atom is 0.287 e. The summed E-state index contributed by atoms with van der Waals surface area (Å²) in [6, 6.07) is 7.00. The molecule has 8 heteroatoms. The lowest BCUT2D eigenvalue weighted by molar-refractivity contribution is -0.384. The summed E-state index contributed by atoms with van der Waals surface area (Å²) in [6.45, 7) is -0.498. The molecule has 0 aliphatic heterocycles. The van der Waals surface area contributed by atoms with Crippen molar-refractivity contribution in [3.05, 3.63) is 38.9 Å². The van der Waals surface area contributed by atoms with Gasteiger partial charge in [-0.05, 0) is 12.1 Å². The Morgan fingerprint density at radius 1 is 1.37 bits per heavy atom. The molecule has 96 valence electrons. The van der Waals surface area contributed by atoms with E-state index in [0.717, 1.165) is 17.0 Å². The zero-order chi connectivity index (χ0) is 14.4. The summed E-state index contributed by atoms with van der Waals surface area (Å²) in [4.78, 5) is 22.9. The third kappa shape index (κ3) is 3.41. The maximum absolute atomic E-state index is 12.0. The van der Waals surface area contributed by atoms with E-state index in [4.69, 9.17) is 22.1 Å². The topological polar surface area (TPSA) is 111 Å². The second-order valence-electron chi connectivity index (χ2n) is 3.40. The SMILES string of the molecule is N#CCN(CC#N)C(=O)c1ccc([N+](=O)[O-])c(Cl)c1. The minimum atomic E-state index is -0.668. The molecular formula is C11H7ClN4O3. The average Bonchev–Trinajstić information content (AvgIpc) is 2.37. The molecule has 0 saturated heterocycles. The van der Waals surface area contributed by atoms with Crippen molar-refractivity contribution >= 4 is 23.2 Å². The summed E-state index contributed by atoms with van der Waals surface area (Å²) in [7, 11) is 0. The number of carbonyl (C=O) groups is 1. The lowest BCUT2D eigenvalue weighted by atomic mass is 10.2. The van der Waals surface area contributed by atoms with Gasteiger partial charge in [0.15, 0.2) is 0 Å². The van der Waals surface area contributed by atoms with Crippen LogP contribution in [-0.4, -0.2) is 28.8 Å². The standard InChI is InChI=1S/C11H7ClN4O3/c12-9-7-8(1-2-10(9)16(18)19)11(17)15(5-3-13)6-4-14/h1-2,7H,5-6H2. The zero-order valence-corrected chi connectivity index (χ0v) is 10.3. The molecule has 0 atom stereocenters. The molecule has 0 aromatic heterocycles. The number of carbonyl (C=O) groups excluding carboxylic acids is 1. The largest absolute Gasteiger partial charge is 0.312 e. The predicted octanol–water partition coefficient (Wildman–Crippen LogP) is 1.74. The van der Waals surface area contributed by atoms with Crippen LogP contribution in [0.4, 0.5) is 5.69 Å². The zero-order valence-electron chi connectivity index (χ0n) is 9.54. The van der Waals surface area contributed by atoms with Gasteiger partial charge in [-0.25, -0.2) is 0 Å². The quantitative estimate of drug-likeness (QED) is 0.473. The summed E-state index contributed by atoms with van der Waals surface area (Å²) in [5.74, 6) is -0.583. The number of halogens is 1. The number of nitro benzene ring substituents is 1. The van der Waals surface area contributed by atoms with Crippen molar-refractivity contribution in [3.63, 3.8) is 0 Å². The van der Waals surface area contributed by atoms with E-state index < -0.39 is 10.8 Å². The minimum Gasteiger partial charge on any atom is -0.312 e. The number of nitriles is 2. The Labute approximate surface area is 113 Å². The van der Waals surface area contributed by atoms with Gasteiger partial charge < -0.3 is 4.90 Å². The molecule has 0 aliphatic rings. The Morgan fingerprint density at radius 3 is 2.37 bits per heavy atom. The fourth-order valence-electron chi connectivity index (χ4n) is 1.34. The number of hydrogen-bond donors (Lipinski definition) is 0. The van der Waals surface area contributed by atoms with Crippen molar-refractivity contribution in [1.82, 2.24) is 4.90 Å². The molecule has 0 saturated carbocycles. The highest BCUT2D eigenvalue weighted by molar-refractivity contribution is 6.33. The highest BCUT2D eigenvalue weighted by Gasteiger charge is 2.19. The van der Waals surface area contributed by atoms with Gasteiger partial charge in [0, 0.05) is 11.6 Å². The van der Waals surface area contributed by atoms with E-state index in [9.17, 15) is 14.9 Å². The van der Waals surface area contributed by atoms with Gasteiger partial charge in [0.2, 0.25) is 0 Å². The first kappa shape index (κ1) is 14.4. The number of hydrogen-bond acceptors (Lipinski definition) is 5. The van der Waals surface area contributed by atoms with Crippen LogP contribution in [0, 0.1) is 32.8 Å². The van der Waals surface area contributed by atoms with E-state index in [-0.39, 0.29) is 29.4 Å². The van der Waals surface area contributed by atoms with Crippen LogP contribution < -0.4 is 0 Å². The van der Waals surface area contributed by atoms with Gasteiger partial charge in [-0.1, -0.05) is 11.6 Å². The van der Waals surface area contributed by atoms with Gasteiger partial charge in [0.25, 0.3) is 11.6 Å². The lowest BCUT2D eigenvalue weighted by Crippen LogP contribution is -2.31.